The Morgan fingerprint density at radius 1 is 1.28 bits per heavy atom. The fraction of sp³-hybridized carbons (Fsp3) is 0.385. The van der Waals surface area contributed by atoms with Gasteiger partial charge in [0, 0.05) is 13.5 Å². The number of aliphatic hydroxyl groups is 1. The molecule has 1 rings (SSSR count). The molecule has 5 heteroatoms. The first kappa shape index (κ1) is 14.2. The van der Waals surface area contributed by atoms with Crippen LogP contribution >= 0.6 is 0 Å². The van der Waals surface area contributed by atoms with Crippen molar-refractivity contribution in [2.24, 2.45) is 0 Å². The van der Waals surface area contributed by atoms with E-state index in [4.69, 9.17) is 0 Å². The van der Waals surface area contributed by atoms with Crippen LogP contribution in [0.25, 0.3) is 0 Å². The fourth-order valence-electron chi connectivity index (χ4n) is 1.51. The molecule has 1 aromatic carbocycles. The maximum atomic E-state index is 11.6. The van der Waals surface area contributed by atoms with Crippen LogP contribution in [0.3, 0.4) is 0 Å². The number of nitrogens with one attached hydrogen (secondary N) is 2. The fourth-order valence-corrected chi connectivity index (χ4v) is 1.51. The first-order valence-corrected chi connectivity index (χ1v) is 5.78. The molecule has 5 nitrogen and oxygen atoms in total. The standard InChI is InChI=1S/C13H18N2O3/c1-9(15-10(2)16)13(18)14-8-12(17)11-6-4-3-5-7-11/h3-7,9,12,17H,8H2,1-2H3,(H,14,18)(H,15,16). The Labute approximate surface area is 106 Å². The second-order valence-corrected chi connectivity index (χ2v) is 4.09. The van der Waals surface area contributed by atoms with Gasteiger partial charge >= 0.3 is 0 Å². The summed E-state index contributed by atoms with van der Waals surface area (Å²) in [6.45, 7) is 3.06. The molecular weight excluding hydrogens is 232 g/mol. The van der Waals surface area contributed by atoms with E-state index in [-0.39, 0.29) is 18.4 Å². The van der Waals surface area contributed by atoms with Crippen LogP contribution in [0.15, 0.2) is 30.3 Å². The zero-order valence-corrected chi connectivity index (χ0v) is 10.5. The van der Waals surface area contributed by atoms with E-state index in [1.807, 2.05) is 18.2 Å². The highest BCUT2D eigenvalue weighted by Gasteiger charge is 2.15. The molecule has 2 atom stereocenters. The van der Waals surface area contributed by atoms with Crippen molar-refractivity contribution in [2.45, 2.75) is 26.0 Å². The Kier molecular flexibility index (Phi) is 5.32. The van der Waals surface area contributed by atoms with E-state index >= 15 is 0 Å². The van der Waals surface area contributed by atoms with E-state index in [1.54, 1.807) is 19.1 Å². The Balaban J connectivity index is 2.41. The highest BCUT2D eigenvalue weighted by Crippen LogP contribution is 2.10. The summed E-state index contributed by atoms with van der Waals surface area (Å²) >= 11 is 0. The van der Waals surface area contributed by atoms with Gasteiger partial charge in [-0.2, -0.15) is 0 Å². The lowest BCUT2D eigenvalue weighted by atomic mass is 10.1. The van der Waals surface area contributed by atoms with Crippen molar-refractivity contribution in [3.63, 3.8) is 0 Å². The molecule has 0 aromatic heterocycles. The molecule has 0 aliphatic carbocycles. The quantitative estimate of drug-likeness (QED) is 0.706. The van der Waals surface area contributed by atoms with Gasteiger partial charge in [0.15, 0.2) is 0 Å². The lowest BCUT2D eigenvalue weighted by Crippen LogP contribution is -2.45. The monoisotopic (exact) mass is 250 g/mol. The molecule has 0 saturated heterocycles. The Hall–Kier alpha value is -1.88. The second-order valence-electron chi connectivity index (χ2n) is 4.09. The van der Waals surface area contributed by atoms with Crippen LogP contribution in [-0.2, 0) is 9.59 Å². The molecular formula is C13H18N2O3. The minimum Gasteiger partial charge on any atom is -0.387 e. The lowest BCUT2D eigenvalue weighted by Gasteiger charge is -2.15. The van der Waals surface area contributed by atoms with Crippen molar-refractivity contribution in [3.8, 4) is 0 Å². The number of amides is 2. The van der Waals surface area contributed by atoms with E-state index in [9.17, 15) is 14.7 Å². The van der Waals surface area contributed by atoms with Crippen molar-refractivity contribution >= 4 is 11.8 Å². The number of hydrogen-bond acceptors (Lipinski definition) is 3. The summed E-state index contributed by atoms with van der Waals surface area (Å²) in [5.41, 5.74) is 0.741. The van der Waals surface area contributed by atoms with E-state index in [0.29, 0.717) is 0 Å². The van der Waals surface area contributed by atoms with Crippen molar-refractivity contribution < 1.29 is 14.7 Å². The average Bonchev–Trinajstić information content (AvgIpc) is 2.35. The summed E-state index contributed by atoms with van der Waals surface area (Å²) in [7, 11) is 0. The van der Waals surface area contributed by atoms with Gasteiger partial charge in [0.25, 0.3) is 0 Å². The van der Waals surface area contributed by atoms with Gasteiger partial charge in [-0.15, -0.1) is 0 Å². The third kappa shape index (κ3) is 4.55. The smallest absolute Gasteiger partial charge is 0.242 e. The van der Waals surface area contributed by atoms with Crippen molar-refractivity contribution in [1.29, 1.82) is 0 Å². The van der Waals surface area contributed by atoms with Gasteiger partial charge in [0.05, 0.1) is 6.10 Å². The van der Waals surface area contributed by atoms with Crippen LogP contribution in [0.2, 0.25) is 0 Å². The average molecular weight is 250 g/mol. The Morgan fingerprint density at radius 2 is 1.89 bits per heavy atom. The van der Waals surface area contributed by atoms with Crippen LogP contribution in [-0.4, -0.2) is 29.5 Å². The Bertz CT molecular complexity index is 406. The predicted molar refractivity (Wildman–Crippen MR) is 67.7 cm³/mol. The van der Waals surface area contributed by atoms with Crippen LogP contribution in [0.4, 0.5) is 0 Å². The largest absolute Gasteiger partial charge is 0.387 e. The molecule has 18 heavy (non-hydrogen) atoms. The van der Waals surface area contributed by atoms with Crippen molar-refractivity contribution in [1.82, 2.24) is 10.6 Å². The number of hydrogen-bond donors (Lipinski definition) is 3. The van der Waals surface area contributed by atoms with E-state index in [2.05, 4.69) is 10.6 Å². The SMILES string of the molecule is CC(=O)NC(C)C(=O)NCC(O)c1ccccc1. The zero-order chi connectivity index (χ0) is 13.5. The van der Waals surface area contributed by atoms with E-state index in [1.165, 1.54) is 6.92 Å². The van der Waals surface area contributed by atoms with Crippen LogP contribution in [0.1, 0.15) is 25.5 Å². The van der Waals surface area contributed by atoms with Gasteiger partial charge in [-0.1, -0.05) is 30.3 Å². The molecule has 0 heterocycles. The van der Waals surface area contributed by atoms with Gasteiger partial charge < -0.3 is 15.7 Å². The molecule has 0 bridgehead atoms. The number of aliphatic hydroxyl groups excluding tert-OH is 1. The van der Waals surface area contributed by atoms with Gasteiger partial charge in [-0.25, -0.2) is 0 Å². The molecule has 0 spiro atoms. The zero-order valence-electron chi connectivity index (χ0n) is 10.5. The van der Waals surface area contributed by atoms with Crippen LogP contribution in [0, 0.1) is 0 Å². The first-order chi connectivity index (χ1) is 8.50. The summed E-state index contributed by atoms with van der Waals surface area (Å²) in [4.78, 5) is 22.4. The summed E-state index contributed by atoms with van der Waals surface area (Å²) in [5.74, 6) is -0.582. The summed E-state index contributed by atoms with van der Waals surface area (Å²) in [6.07, 6.45) is -0.750. The van der Waals surface area contributed by atoms with E-state index in [0.717, 1.165) is 5.56 Å². The molecule has 3 N–H and O–H groups in total. The van der Waals surface area contributed by atoms with E-state index < -0.39 is 12.1 Å². The molecule has 0 aliphatic rings. The topological polar surface area (TPSA) is 78.4 Å². The maximum Gasteiger partial charge on any atom is 0.242 e. The molecule has 98 valence electrons. The molecule has 2 unspecified atom stereocenters. The summed E-state index contributed by atoms with van der Waals surface area (Å²) in [5, 5.41) is 14.9. The molecule has 0 radical (unpaired) electrons. The summed E-state index contributed by atoms with van der Waals surface area (Å²) < 4.78 is 0. The normalized spacial score (nSPS) is 13.5. The minimum absolute atomic E-state index is 0.118. The molecule has 0 saturated carbocycles. The van der Waals surface area contributed by atoms with Crippen LogP contribution in [0.5, 0.6) is 0 Å². The third-order valence-electron chi connectivity index (χ3n) is 2.47. The second kappa shape index (κ2) is 6.76. The van der Waals surface area contributed by atoms with Gasteiger partial charge in [-0.05, 0) is 12.5 Å². The predicted octanol–water partition coefficient (Wildman–Crippen LogP) is 0.361. The highest BCUT2D eigenvalue weighted by molar-refractivity contribution is 5.86. The number of benzene rings is 1. The first-order valence-electron chi connectivity index (χ1n) is 5.78. The van der Waals surface area contributed by atoms with Crippen molar-refractivity contribution in [3.05, 3.63) is 35.9 Å². The number of carbonyl (C=O) groups excluding carboxylic acids is 2. The molecule has 1 aromatic rings. The molecule has 2 amide bonds. The van der Waals surface area contributed by atoms with Crippen LogP contribution < -0.4 is 10.6 Å². The molecule has 0 fully saturated rings. The number of carbonyl (C=O) groups is 2. The summed E-state index contributed by atoms with van der Waals surface area (Å²) in [6, 6.07) is 8.46. The maximum absolute atomic E-state index is 11.6. The Morgan fingerprint density at radius 3 is 2.44 bits per heavy atom. The van der Waals surface area contributed by atoms with Gasteiger partial charge in [-0.3, -0.25) is 9.59 Å². The molecule has 0 aliphatic heterocycles. The van der Waals surface area contributed by atoms with Gasteiger partial charge in [0.1, 0.15) is 6.04 Å². The third-order valence-corrected chi connectivity index (χ3v) is 2.47. The minimum atomic E-state index is -0.750. The highest BCUT2D eigenvalue weighted by atomic mass is 16.3. The van der Waals surface area contributed by atoms with Gasteiger partial charge in [0.2, 0.25) is 11.8 Å². The number of rotatable bonds is 5. The lowest BCUT2D eigenvalue weighted by molar-refractivity contribution is -0.127. The van der Waals surface area contributed by atoms with Crippen molar-refractivity contribution in [2.75, 3.05) is 6.54 Å².